The number of aromatic nitrogens is 2. The van der Waals surface area contributed by atoms with E-state index in [9.17, 15) is 9.59 Å². The number of halogens is 1. The zero-order chi connectivity index (χ0) is 20.4. The van der Waals surface area contributed by atoms with Crippen molar-refractivity contribution in [3.8, 4) is 5.75 Å². The molecule has 0 saturated carbocycles. The standard InChI is InChI=1S/C21H19ClN4O3/c1-25-18-9-15(22)7-8-19(18)29-12-17(21(25)28)24-20(27)16-11-26(13-23-16)10-14-5-3-2-4-6-14/h2-9,11,13,17H,10,12H2,1H3,(H,24,27)/t17-/m1/s1. The molecule has 0 fully saturated rings. The molecular weight excluding hydrogens is 392 g/mol. The van der Waals surface area contributed by atoms with Crippen LogP contribution in [0.4, 0.5) is 5.69 Å². The van der Waals surface area contributed by atoms with Gasteiger partial charge in [-0.05, 0) is 23.8 Å². The second-order valence-electron chi connectivity index (χ2n) is 6.76. The first kappa shape index (κ1) is 19.0. The van der Waals surface area contributed by atoms with Crippen LogP contribution in [0.1, 0.15) is 16.1 Å². The number of nitrogens with one attached hydrogen (secondary N) is 1. The second-order valence-corrected chi connectivity index (χ2v) is 7.20. The lowest BCUT2D eigenvalue weighted by Crippen LogP contribution is -2.49. The lowest BCUT2D eigenvalue weighted by Gasteiger charge is -2.20. The summed E-state index contributed by atoms with van der Waals surface area (Å²) in [5.74, 6) is -0.187. The number of rotatable bonds is 4. The van der Waals surface area contributed by atoms with Gasteiger partial charge >= 0.3 is 0 Å². The summed E-state index contributed by atoms with van der Waals surface area (Å²) in [6, 6.07) is 14.1. The van der Waals surface area contributed by atoms with Crippen molar-refractivity contribution >= 4 is 29.1 Å². The maximum atomic E-state index is 12.8. The molecule has 0 spiro atoms. The minimum absolute atomic E-state index is 0.0221. The third kappa shape index (κ3) is 4.09. The largest absolute Gasteiger partial charge is 0.489 e. The molecule has 1 aliphatic rings. The van der Waals surface area contributed by atoms with Crippen molar-refractivity contribution < 1.29 is 14.3 Å². The third-order valence-electron chi connectivity index (χ3n) is 4.70. The molecule has 0 unspecified atom stereocenters. The number of carbonyl (C=O) groups excluding carboxylic acids is 2. The monoisotopic (exact) mass is 410 g/mol. The van der Waals surface area contributed by atoms with Gasteiger partial charge < -0.3 is 19.5 Å². The van der Waals surface area contributed by atoms with Gasteiger partial charge in [0.25, 0.3) is 11.8 Å². The Morgan fingerprint density at radius 2 is 2.07 bits per heavy atom. The van der Waals surface area contributed by atoms with Gasteiger partial charge in [-0.25, -0.2) is 4.98 Å². The van der Waals surface area contributed by atoms with E-state index in [1.54, 1.807) is 37.8 Å². The molecule has 2 aromatic carbocycles. The Bertz CT molecular complexity index is 1050. The van der Waals surface area contributed by atoms with Gasteiger partial charge in [0.2, 0.25) is 0 Å². The van der Waals surface area contributed by atoms with Gasteiger partial charge in [0.15, 0.2) is 0 Å². The number of benzene rings is 2. The number of hydrogen-bond acceptors (Lipinski definition) is 4. The van der Waals surface area contributed by atoms with Crippen LogP contribution < -0.4 is 15.0 Å². The number of hydrogen-bond donors (Lipinski definition) is 1. The maximum absolute atomic E-state index is 12.8. The lowest BCUT2D eigenvalue weighted by atomic mass is 10.2. The highest BCUT2D eigenvalue weighted by molar-refractivity contribution is 6.31. The highest BCUT2D eigenvalue weighted by atomic mass is 35.5. The Kier molecular flexibility index (Phi) is 5.22. The Labute approximate surface area is 172 Å². The first-order valence-corrected chi connectivity index (χ1v) is 9.45. The van der Waals surface area contributed by atoms with E-state index >= 15 is 0 Å². The van der Waals surface area contributed by atoms with Crippen LogP contribution in [-0.4, -0.2) is 41.1 Å². The summed E-state index contributed by atoms with van der Waals surface area (Å²) in [6.45, 7) is 0.625. The molecule has 4 rings (SSSR count). The fraction of sp³-hybridized carbons (Fsp3) is 0.190. The topological polar surface area (TPSA) is 76.5 Å². The van der Waals surface area contributed by atoms with Crippen LogP contribution >= 0.6 is 11.6 Å². The predicted octanol–water partition coefficient (Wildman–Crippen LogP) is 2.74. The molecule has 29 heavy (non-hydrogen) atoms. The van der Waals surface area contributed by atoms with Gasteiger partial charge in [-0.3, -0.25) is 9.59 Å². The molecule has 1 N–H and O–H groups in total. The van der Waals surface area contributed by atoms with E-state index in [0.717, 1.165) is 5.56 Å². The molecule has 1 aliphatic heterocycles. The van der Waals surface area contributed by atoms with E-state index in [-0.39, 0.29) is 18.2 Å². The summed E-state index contributed by atoms with van der Waals surface area (Å²) < 4.78 is 7.54. The zero-order valence-electron chi connectivity index (χ0n) is 15.7. The van der Waals surface area contributed by atoms with Crippen LogP contribution in [0.5, 0.6) is 5.75 Å². The number of fused-ring (bicyclic) bond motifs is 1. The van der Waals surface area contributed by atoms with E-state index < -0.39 is 11.9 Å². The Morgan fingerprint density at radius 1 is 1.28 bits per heavy atom. The van der Waals surface area contributed by atoms with Crippen molar-refractivity contribution in [2.24, 2.45) is 0 Å². The van der Waals surface area contributed by atoms with Crippen LogP contribution in [0.15, 0.2) is 61.1 Å². The Balaban J connectivity index is 1.45. The molecule has 0 bridgehead atoms. The van der Waals surface area contributed by atoms with Gasteiger partial charge in [0.1, 0.15) is 24.1 Å². The summed E-state index contributed by atoms with van der Waals surface area (Å²) >= 11 is 6.03. The Morgan fingerprint density at radius 3 is 2.86 bits per heavy atom. The summed E-state index contributed by atoms with van der Waals surface area (Å²) in [5.41, 5.74) is 1.90. The van der Waals surface area contributed by atoms with Crippen molar-refractivity contribution in [2.75, 3.05) is 18.6 Å². The smallest absolute Gasteiger partial charge is 0.272 e. The van der Waals surface area contributed by atoms with Crippen LogP contribution in [0.25, 0.3) is 0 Å². The maximum Gasteiger partial charge on any atom is 0.272 e. The first-order valence-electron chi connectivity index (χ1n) is 9.08. The van der Waals surface area contributed by atoms with Crippen molar-refractivity contribution in [3.63, 3.8) is 0 Å². The minimum Gasteiger partial charge on any atom is -0.489 e. The molecule has 3 aromatic rings. The van der Waals surface area contributed by atoms with E-state index in [1.807, 2.05) is 34.9 Å². The number of anilines is 1. The summed E-state index contributed by atoms with van der Waals surface area (Å²) in [4.78, 5) is 31.0. The fourth-order valence-electron chi connectivity index (χ4n) is 3.17. The van der Waals surface area contributed by atoms with Crippen LogP contribution in [0.2, 0.25) is 5.02 Å². The van der Waals surface area contributed by atoms with Crippen molar-refractivity contribution in [1.29, 1.82) is 0 Å². The number of imidazole rings is 1. The van der Waals surface area contributed by atoms with E-state index in [4.69, 9.17) is 16.3 Å². The summed E-state index contributed by atoms with van der Waals surface area (Å²) in [5, 5.41) is 3.22. The highest BCUT2D eigenvalue weighted by Crippen LogP contribution is 2.33. The Hall–Kier alpha value is -3.32. The molecule has 2 heterocycles. The summed E-state index contributed by atoms with van der Waals surface area (Å²) in [7, 11) is 1.62. The van der Waals surface area contributed by atoms with Crippen molar-refractivity contribution in [2.45, 2.75) is 12.6 Å². The third-order valence-corrected chi connectivity index (χ3v) is 4.93. The zero-order valence-corrected chi connectivity index (χ0v) is 16.5. The average molecular weight is 411 g/mol. The molecular formula is C21H19ClN4O3. The van der Waals surface area contributed by atoms with Crippen molar-refractivity contribution in [3.05, 3.63) is 77.3 Å². The van der Waals surface area contributed by atoms with E-state index in [1.165, 1.54) is 4.90 Å². The molecule has 7 nitrogen and oxygen atoms in total. The average Bonchev–Trinajstić information content (AvgIpc) is 3.16. The molecule has 1 aromatic heterocycles. The second kappa shape index (κ2) is 7.97. The predicted molar refractivity (Wildman–Crippen MR) is 109 cm³/mol. The van der Waals surface area contributed by atoms with E-state index in [0.29, 0.717) is 23.0 Å². The number of amides is 2. The van der Waals surface area contributed by atoms with Gasteiger partial charge in [-0.2, -0.15) is 0 Å². The van der Waals surface area contributed by atoms with E-state index in [2.05, 4.69) is 10.3 Å². The number of carbonyl (C=O) groups is 2. The number of likely N-dealkylation sites (N-methyl/N-ethyl adjacent to an activating group) is 1. The quantitative estimate of drug-likeness (QED) is 0.717. The SMILES string of the molecule is CN1C(=O)[C@H](NC(=O)c2cn(Cc3ccccc3)cn2)COc2ccc(Cl)cc21. The molecule has 148 valence electrons. The molecule has 1 atom stereocenters. The van der Waals surface area contributed by atoms with Crippen LogP contribution in [-0.2, 0) is 11.3 Å². The van der Waals surface area contributed by atoms with Gasteiger partial charge in [-0.1, -0.05) is 41.9 Å². The van der Waals surface area contributed by atoms with Gasteiger partial charge in [0, 0.05) is 24.8 Å². The van der Waals surface area contributed by atoms with Gasteiger partial charge in [-0.15, -0.1) is 0 Å². The molecule has 0 aliphatic carbocycles. The normalized spacial score (nSPS) is 16.0. The number of ether oxygens (including phenoxy) is 1. The van der Waals surface area contributed by atoms with Crippen LogP contribution in [0, 0.1) is 0 Å². The highest BCUT2D eigenvalue weighted by Gasteiger charge is 2.31. The van der Waals surface area contributed by atoms with Crippen LogP contribution in [0.3, 0.4) is 0 Å². The molecule has 0 saturated heterocycles. The molecule has 8 heteroatoms. The summed E-state index contributed by atoms with van der Waals surface area (Å²) in [6.07, 6.45) is 3.25. The van der Waals surface area contributed by atoms with Gasteiger partial charge in [0.05, 0.1) is 12.0 Å². The lowest BCUT2D eigenvalue weighted by molar-refractivity contribution is -0.120. The number of nitrogens with zero attached hydrogens (tertiary/aromatic N) is 3. The minimum atomic E-state index is -0.835. The van der Waals surface area contributed by atoms with Crippen molar-refractivity contribution in [1.82, 2.24) is 14.9 Å². The molecule has 0 radical (unpaired) electrons. The fourth-order valence-corrected chi connectivity index (χ4v) is 3.33. The first-order chi connectivity index (χ1) is 14.0. The molecule has 2 amide bonds.